The number of pyridine rings is 1. The number of likely N-dealkylation sites (N-methyl/N-ethyl adjacent to an activating group) is 1. The fourth-order valence-electron chi connectivity index (χ4n) is 4.55. The van der Waals surface area contributed by atoms with Crippen LogP contribution >= 0.6 is 0 Å². The fraction of sp³-hybridized carbons (Fsp3) is 0.310. The number of nitrogens with one attached hydrogen (secondary N) is 1. The molecule has 1 aliphatic carbocycles. The number of anilines is 1. The van der Waals surface area contributed by atoms with Crippen LogP contribution < -0.4 is 5.32 Å². The van der Waals surface area contributed by atoms with Gasteiger partial charge in [-0.15, -0.1) is 0 Å². The highest BCUT2D eigenvalue weighted by atomic mass is 16.2. The van der Waals surface area contributed by atoms with Crippen LogP contribution in [0.15, 0.2) is 54.4 Å². The molecule has 3 aromatic rings. The number of fused-ring (bicyclic) bond motifs is 1. The second kappa shape index (κ2) is 12.9. The summed E-state index contributed by atoms with van der Waals surface area (Å²) in [7, 11) is 2.15. The van der Waals surface area contributed by atoms with Crippen molar-refractivity contribution in [1.29, 1.82) is 0 Å². The molecule has 3 heterocycles. The maximum atomic E-state index is 12.9. The molecule has 0 saturated carbocycles. The Morgan fingerprint density at radius 2 is 1.74 bits per heavy atom. The molecule has 1 fully saturated rings. The predicted octanol–water partition coefficient (Wildman–Crippen LogP) is 2.67. The molecule has 1 amide bonds. The van der Waals surface area contributed by atoms with E-state index in [4.69, 9.17) is 9.59 Å². The lowest BCUT2D eigenvalue weighted by Crippen LogP contribution is -2.43. The summed E-state index contributed by atoms with van der Waals surface area (Å²) in [4.78, 5) is 59.5. The van der Waals surface area contributed by atoms with Crippen molar-refractivity contribution in [3.8, 4) is 0 Å². The van der Waals surface area contributed by atoms with Gasteiger partial charge in [-0.2, -0.15) is 9.59 Å². The number of carbonyl (C=O) groups excluding carboxylic acids is 4. The van der Waals surface area contributed by atoms with Gasteiger partial charge < -0.3 is 10.2 Å². The lowest BCUT2D eigenvalue weighted by molar-refractivity contribution is -0.191. The van der Waals surface area contributed by atoms with Gasteiger partial charge in [0.2, 0.25) is 5.82 Å². The Labute approximate surface area is 226 Å². The number of aromatic nitrogens is 3. The summed E-state index contributed by atoms with van der Waals surface area (Å²) in [5.41, 5.74) is 6.19. The first-order valence-corrected chi connectivity index (χ1v) is 12.7. The molecule has 2 aliphatic rings. The standard InChI is InChI=1S/C28H30N6O2.CO2/c1-19-13-22-15-24(17-30-25(22)14-19)32-28(36)27-29-8-7-23(31-27)16-26(35)21-5-3-20(4-6-21)18-34-11-9-33(2)10-12-34;2-1-3/h3-8,13,15,17H,9-12,14,16,18H2,1-2H3,(H,32,36);. The third-order valence-corrected chi connectivity index (χ3v) is 6.65. The highest BCUT2D eigenvalue weighted by molar-refractivity contribution is 6.02. The highest BCUT2D eigenvalue weighted by Crippen LogP contribution is 2.25. The van der Waals surface area contributed by atoms with Gasteiger partial charge in [-0.05, 0) is 37.2 Å². The van der Waals surface area contributed by atoms with Crippen molar-refractivity contribution in [1.82, 2.24) is 24.8 Å². The Bertz CT molecular complexity index is 1410. The van der Waals surface area contributed by atoms with E-state index < -0.39 is 5.91 Å². The van der Waals surface area contributed by atoms with Crippen molar-refractivity contribution in [3.63, 3.8) is 0 Å². The van der Waals surface area contributed by atoms with Gasteiger partial charge in [-0.3, -0.25) is 19.5 Å². The Morgan fingerprint density at radius 3 is 2.46 bits per heavy atom. The Morgan fingerprint density at radius 1 is 1.03 bits per heavy atom. The van der Waals surface area contributed by atoms with Crippen molar-refractivity contribution in [3.05, 3.63) is 88.3 Å². The van der Waals surface area contributed by atoms with Crippen LogP contribution in [0.25, 0.3) is 6.08 Å². The number of nitrogens with zero attached hydrogens (tertiary/aromatic N) is 5. The van der Waals surface area contributed by atoms with E-state index in [2.05, 4.69) is 50.1 Å². The van der Waals surface area contributed by atoms with Crippen molar-refractivity contribution < 1.29 is 19.2 Å². The molecule has 1 aliphatic heterocycles. The monoisotopic (exact) mass is 526 g/mol. The SMILES string of the molecule is CC1=Cc2cc(NC(=O)c3nccc(CC(=O)c4ccc(CN5CCN(C)CC5)cc4)n3)cnc2C1.O=C=O. The maximum Gasteiger partial charge on any atom is 0.373 e. The number of hydrogen-bond acceptors (Lipinski definition) is 9. The summed E-state index contributed by atoms with van der Waals surface area (Å²) in [6.45, 7) is 7.22. The number of carbonyl (C=O) groups is 2. The first-order chi connectivity index (χ1) is 18.8. The average Bonchev–Trinajstić information content (AvgIpc) is 3.30. The van der Waals surface area contributed by atoms with Crippen molar-refractivity contribution in [2.45, 2.75) is 26.3 Å². The minimum absolute atomic E-state index is 0.0232. The van der Waals surface area contributed by atoms with Crippen LogP contribution in [-0.4, -0.2) is 75.8 Å². The summed E-state index contributed by atoms with van der Waals surface area (Å²) in [5.74, 6) is -0.454. The molecule has 200 valence electrons. The second-order valence-electron chi connectivity index (χ2n) is 9.71. The van der Waals surface area contributed by atoms with E-state index in [0.717, 1.165) is 50.4 Å². The Hall–Kier alpha value is -4.37. The first-order valence-electron chi connectivity index (χ1n) is 12.7. The van der Waals surface area contributed by atoms with Gasteiger partial charge in [0.25, 0.3) is 5.91 Å². The number of ketones is 1. The number of rotatable bonds is 7. The van der Waals surface area contributed by atoms with E-state index in [1.54, 1.807) is 12.3 Å². The number of allylic oxidation sites excluding steroid dienone is 1. The lowest BCUT2D eigenvalue weighted by Gasteiger charge is -2.32. The summed E-state index contributed by atoms with van der Waals surface area (Å²) >= 11 is 0. The van der Waals surface area contributed by atoms with Gasteiger partial charge in [-0.25, -0.2) is 9.97 Å². The van der Waals surface area contributed by atoms with Gasteiger partial charge in [0.05, 0.1) is 29.7 Å². The molecule has 10 heteroatoms. The molecule has 39 heavy (non-hydrogen) atoms. The highest BCUT2D eigenvalue weighted by Gasteiger charge is 2.17. The number of piperazine rings is 1. The zero-order valence-corrected chi connectivity index (χ0v) is 22.0. The lowest BCUT2D eigenvalue weighted by atomic mass is 10.0. The minimum Gasteiger partial charge on any atom is -0.318 e. The van der Waals surface area contributed by atoms with Crippen LogP contribution in [0.1, 0.15) is 50.4 Å². The van der Waals surface area contributed by atoms with Gasteiger partial charge in [-0.1, -0.05) is 35.9 Å². The molecule has 10 nitrogen and oxygen atoms in total. The minimum atomic E-state index is -0.432. The summed E-state index contributed by atoms with van der Waals surface area (Å²) < 4.78 is 0. The molecule has 0 unspecified atom stereocenters. The number of hydrogen-bond donors (Lipinski definition) is 1. The summed E-state index contributed by atoms with van der Waals surface area (Å²) in [5, 5.41) is 2.81. The van der Waals surface area contributed by atoms with E-state index in [-0.39, 0.29) is 24.2 Å². The van der Waals surface area contributed by atoms with Crippen LogP contribution in [0.3, 0.4) is 0 Å². The van der Waals surface area contributed by atoms with E-state index in [0.29, 0.717) is 16.9 Å². The third kappa shape index (κ3) is 7.58. The number of benzene rings is 1. The molecule has 0 bridgehead atoms. The Balaban J connectivity index is 0.00000112. The molecular formula is C29H30N6O4. The van der Waals surface area contributed by atoms with E-state index in [9.17, 15) is 9.59 Å². The van der Waals surface area contributed by atoms with Crippen molar-refractivity contribution >= 4 is 29.6 Å². The molecule has 0 atom stereocenters. The quantitative estimate of drug-likeness (QED) is 0.463. The predicted molar refractivity (Wildman–Crippen MR) is 144 cm³/mol. The summed E-state index contributed by atoms with van der Waals surface area (Å²) in [6, 6.07) is 11.4. The molecular weight excluding hydrogens is 496 g/mol. The smallest absolute Gasteiger partial charge is 0.318 e. The van der Waals surface area contributed by atoms with E-state index in [1.165, 1.54) is 17.3 Å². The molecule has 2 aromatic heterocycles. The molecule has 0 radical (unpaired) electrons. The number of amides is 1. The van der Waals surface area contributed by atoms with E-state index in [1.807, 2.05) is 30.3 Å². The second-order valence-corrected chi connectivity index (χ2v) is 9.71. The average molecular weight is 527 g/mol. The zero-order chi connectivity index (χ0) is 27.8. The maximum absolute atomic E-state index is 12.9. The van der Waals surface area contributed by atoms with Gasteiger partial charge in [0.1, 0.15) is 0 Å². The van der Waals surface area contributed by atoms with Crippen LogP contribution in [-0.2, 0) is 29.0 Å². The topological polar surface area (TPSA) is 125 Å². The van der Waals surface area contributed by atoms with E-state index >= 15 is 0 Å². The molecule has 1 N–H and O–H groups in total. The van der Waals surface area contributed by atoms with Gasteiger partial charge in [0, 0.05) is 50.9 Å². The summed E-state index contributed by atoms with van der Waals surface area (Å²) in [6.07, 6.45) is 6.41. The normalized spacial score (nSPS) is 14.9. The van der Waals surface area contributed by atoms with Crippen molar-refractivity contribution in [2.24, 2.45) is 0 Å². The van der Waals surface area contributed by atoms with Crippen LogP contribution in [0.5, 0.6) is 0 Å². The first kappa shape index (κ1) is 27.7. The third-order valence-electron chi connectivity index (χ3n) is 6.65. The van der Waals surface area contributed by atoms with Crippen molar-refractivity contribution in [2.75, 3.05) is 38.5 Å². The fourth-order valence-corrected chi connectivity index (χ4v) is 4.55. The number of Topliss-reactive ketones (excluding diaryl/α,β-unsaturated/α-hetero) is 1. The van der Waals surface area contributed by atoms with Crippen LogP contribution in [0.2, 0.25) is 0 Å². The molecule has 1 saturated heterocycles. The largest absolute Gasteiger partial charge is 0.373 e. The molecule has 5 rings (SSSR count). The van der Waals surface area contributed by atoms with Gasteiger partial charge >= 0.3 is 6.15 Å². The Kier molecular flexibility index (Phi) is 9.17. The zero-order valence-electron chi connectivity index (χ0n) is 22.0. The molecule has 0 spiro atoms. The van der Waals surface area contributed by atoms with Gasteiger partial charge in [0.15, 0.2) is 5.78 Å². The molecule has 1 aromatic carbocycles. The van der Waals surface area contributed by atoms with Crippen LogP contribution in [0.4, 0.5) is 5.69 Å². The van der Waals surface area contributed by atoms with Crippen LogP contribution in [0, 0.1) is 0 Å².